The molecule has 1 aromatic rings. The Hall–Kier alpha value is -1.38. The van der Waals surface area contributed by atoms with Gasteiger partial charge in [0.25, 0.3) is 5.91 Å². The first-order valence-electron chi connectivity index (χ1n) is 3.94. The second-order valence-electron chi connectivity index (χ2n) is 2.55. The molecule has 1 amide bonds. The molecule has 3 heteroatoms. The van der Waals surface area contributed by atoms with E-state index in [9.17, 15) is 4.79 Å². The van der Waals surface area contributed by atoms with Gasteiger partial charge in [-0.2, -0.15) is 0 Å². The fraction of sp³-hybridized carbons (Fsp3) is 0.333. The average Bonchev–Trinajstić information content (AvgIpc) is 2.05. The second-order valence-corrected chi connectivity index (χ2v) is 2.55. The molecule has 3 nitrogen and oxygen atoms in total. The van der Waals surface area contributed by atoms with Crippen molar-refractivity contribution in [1.82, 2.24) is 10.3 Å². The molecule has 1 heterocycles. The van der Waals surface area contributed by atoms with E-state index in [1.54, 1.807) is 12.4 Å². The van der Waals surface area contributed by atoms with Gasteiger partial charge in [-0.3, -0.25) is 9.78 Å². The van der Waals surface area contributed by atoms with Gasteiger partial charge in [0.1, 0.15) is 0 Å². The van der Waals surface area contributed by atoms with Crippen molar-refractivity contribution in [1.29, 1.82) is 0 Å². The molecule has 0 aromatic carbocycles. The molecule has 0 radical (unpaired) electrons. The number of nitrogens with zero attached hydrogens (tertiary/aromatic N) is 1. The zero-order chi connectivity index (χ0) is 8.97. The summed E-state index contributed by atoms with van der Waals surface area (Å²) >= 11 is 0. The maximum atomic E-state index is 11.3. The third kappa shape index (κ3) is 1.81. The molecule has 12 heavy (non-hydrogen) atoms. The lowest BCUT2D eigenvalue weighted by molar-refractivity contribution is 0.0955. The number of nitrogens with one attached hydrogen (secondary N) is 1. The van der Waals surface area contributed by atoms with Crippen LogP contribution in [0.2, 0.25) is 0 Å². The van der Waals surface area contributed by atoms with E-state index in [0.717, 1.165) is 5.56 Å². The molecule has 0 aliphatic carbocycles. The average molecular weight is 164 g/mol. The summed E-state index contributed by atoms with van der Waals surface area (Å²) in [6, 6.07) is 1.82. The Kier molecular flexibility index (Phi) is 2.80. The van der Waals surface area contributed by atoms with Crippen LogP contribution in [0, 0.1) is 6.92 Å². The summed E-state index contributed by atoms with van der Waals surface area (Å²) in [4.78, 5) is 15.2. The van der Waals surface area contributed by atoms with Crippen LogP contribution in [-0.4, -0.2) is 17.4 Å². The topological polar surface area (TPSA) is 42.0 Å². The number of amides is 1. The van der Waals surface area contributed by atoms with Gasteiger partial charge in [0, 0.05) is 18.9 Å². The highest BCUT2D eigenvalue weighted by Gasteiger charge is 2.05. The summed E-state index contributed by atoms with van der Waals surface area (Å²) in [5, 5.41) is 2.72. The number of aryl methyl sites for hydroxylation is 1. The second kappa shape index (κ2) is 3.85. The van der Waals surface area contributed by atoms with E-state index in [2.05, 4.69) is 10.3 Å². The summed E-state index contributed by atoms with van der Waals surface area (Å²) in [6.45, 7) is 4.43. The summed E-state index contributed by atoms with van der Waals surface area (Å²) in [7, 11) is 0. The van der Waals surface area contributed by atoms with Crippen molar-refractivity contribution in [3.05, 3.63) is 29.6 Å². The first kappa shape index (κ1) is 8.71. The Morgan fingerprint density at radius 2 is 2.42 bits per heavy atom. The van der Waals surface area contributed by atoms with Crippen LogP contribution < -0.4 is 5.32 Å². The van der Waals surface area contributed by atoms with Crippen LogP contribution in [0.4, 0.5) is 0 Å². The van der Waals surface area contributed by atoms with E-state index >= 15 is 0 Å². The minimum atomic E-state index is -0.0527. The van der Waals surface area contributed by atoms with Crippen LogP contribution >= 0.6 is 0 Å². The number of pyridine rings is 1. The molecule has 0 aliphatic heterocycles. The zero-order valence-corrected chi connectivity index (χ0v) is 7.29. The Morgan fingerprint density at radius 3 is 3.00 bits per heavy atom. The maximum Gasteiger partial charge on any atom is 0.253 e. The van der Waals surface area contributed by atoms with Crippen molar-refractivity contribution in [2.75, 3.05) is 6.54 Å². The Balaban J connectivity index is 2.87. The van der Waals surface area contributed by atoms with Crippen molar-refractivity contribution in [3.63, 3.8) is 0 Å². The largest absolute Gasteiger partial charge is 0.352 e. The van der Waals surface area contributed by atoms with E-state index in [-0.39, 0.29) is 5.91 Å². The Morgan fingerprint density at radius 1 is 1.67 bits per heavy atom. The van der Waals surface area contributed by atoms with Crippen molar-refractivity contribution in [3.8, 4) is 0 Å². The van der Waals surface area contributed by atoms with E-state index in [1.165, 1.54) is 0 Å². The molecule has 0 saturated heterocycles. The number of carbonyl (C=O) groups is 1. The highest BCUT2D eigenvalue weighted by molar-refractivity contribution is 5.95. The van der Waals surface area contributed by atoms with Gasteiger partial charge in [-0.05, 0) is 25.5 Å². The molecule has 0 atom stereocenters. The molecule has 0 aliphatic rings. The standard InChI is InChI=1S/C9H12N2O/c1-3-11-9(12)8-6-10-5-4-7(8)2/h4-6H,3H2,1-2H3,(H,11,12). The van der Waals surface area contributed by atoms with E-state index in [1.807, 2.05) is 19.9 Å². The highest BCUT2D eigenvalue weighted by atomic mass is 16.1. The highest BCUT2D eigenvalue weighted by Crippen LogP contribution is 2.03. The third-order valence-corrected chi connectivity index (χ3v) is 1.62. The number of aromatic nitrogens is 1. The lowest BCUT2D eigenvalue weighted by Crippen LogP contribution is -2.23. The summed E-state index contributed by atoms with van der Waals surface area (Å²) in [6.07, 6.45) is 3.26. The first-order valence-corrected chi connectivity index (χ1v) is 3.94. The monoisotopic (exact) mass is 164 g/mol. The molecule has 0 bridgehead atoms. The first-order chi connectivity index (χ1) is 5.75. The van der Waals surface area contributed by atoms with Gasteiger partial charge in [-0.15, -0.1) is 0 Å². The molecule has 0 fully saturated rings. The predicted octanol–water partition coefficient (Wildman–Crippen LogP) is 1.14. The van der Waals surface area contributed by atoms with Crippen LogP contribution in [0.5, 0.6) is 0 Å². The van der Waals surface area contributed by atoms with E-state index < -0.39 is 0 Å². The van der Waals surface area contributed by atoms with Crippen molar-refractivity contribution >= 4 is 5.91 Å². The fourth-order valence-electron chi connectivity index (χ4n) is 0.957. The van der Waals surface area contributed by atoms with Crippen LogP contribution in [0.1, 0.15) is 22.8 Å². The van der Waals surface area contributed by atoms with Crippen LogP contribution in [-0.2, 0) is 0 Å². The Bertz CT molecular complexity index is 284. The molecule has 0 saturated carbocycles. The molecule has 1 rings (SSSR count). The van der Waals surface area contributed by atoms with Crippen molar-refractivity contribution in [2.24, 2.45) is 0 Å². The molecule has 64 valence electrons. The number of carbonyl (C=O) groups excluding carboxylic acids is 1. The molecular weight excluding hydrogens is 152 g/mol. The van der Waals surface area contributed by atoms with Crippen LogP contribution in [0.25, 0.3) is 0 Å². The lowest BCUT2D eigenvalue weighted by Gasteiger charge is -2.03. The fourth-order valence-corrected chi connectivity index (χ4v) is 0.957. The normalized spacial score (nSPS) is 9.50. The van der Waals surface area contributed by atoms with E-state index in [4.69, 9.17) is 0 Å². The van der Waals surface area contributed by atoms with Crippen LogP contribution in [0.15, 0.2) is 18.5 Å². The summed E-state index contributed by atoms with van der Waals surface area (Å²) in [5.74, 6) is -0.0527. The van der Waals surface area contributed by atoms with Crippen molar-refractivity contribution < 1.29 is 4.79 Å². The maximum absolute atomic E-state index is 11.3. The van der Waals surface area contributed by atoms with Gasteiger partial charge in [-0.1, -0.05) is 0 Å². The lowest BCUT2D eigenvalue weighted by atomic mass is 10.1. The van der Waals surface area contributed by atoms with Gasteiger partial charge < -0.3 is 5.32 Å². The minimum absolute atomic E-state index is 0.0527. The van der Waals surface area contributed by atoms with Crippen LogP contribution in [0.3, 0.4) is 0 Å². The van der Waals surface area contributed by atoms with Gasteiger partial charge >= 0.3 is 0 Å². The van der Waals surface area contributed by atoms with Gasteiger partial charge in [0.15, 0.2) is 0 Å². The summed E-state index contributed by atoms with van der Waals surface area (Å²) in [5.41, 5.74) is 1.61. The number of hydrogen-bond acceptors (Lipinski definition) is 2. The smallest absolute Gasteiger partial charge is 0.253 e. The quantitative estimate of drug-likeness (QED) is 0.712. The molecule has 0 spiro atoms. The molecule has 0 unspecified atom stereocenters. The van der Waals surface area contributed by atoms with Gasteiger partial charge in [-0.25, -0.2) is 0 Å². The third-order valence-electron chi connectivity index (χ3n) is 1.62. The van der Waals surface area contributed by atoms with Crippen molar-refractivity contribution in [2.45, 2.75) is 13.8 Å². The Labute approximate surface area is 71.8 Å². The number of hydrogen-bond donors (Lipinski definition) is 1. The summed E-state index contributed by atoms with van der Waals surface area (Å²) < 4.78 is 0. The minimum Gasteiger partial charge on any atom is -0.352 e. The SMILES string of the molecule is CCNC(=O)c1cnccc1C. The van der Waals surface area contributed by atoms with Gasteiger partial charge in [0.05, 0.1) is 5.56 Å². The number of rotatable bonds is 2. The molecular formula is C9H12N2O. The van der Waals surface area contributed by atoms with Gasteiger partial charge in [0.2, 0.25) is 0 Å². The molecule has 1 N–H and O–H groups in total. The van der Waals surface area contributed by atoms with E-state index in [0.29, 0.717) is 12.1 Å². The zero-order valence-electron chi connectivity index (χ0n) is 7.29. The predicted molar refractivity (Wildman–Crippen MR) is 47.0 cm³/mol. The molecule has 1 aromatic heterocycles.